The van der Waals surface area contributed by atoms with Crippen LogP contribution in [-0.2, 0) is 0 Å². The van der Waals surface area contributed by atoms with E-state index in [1.165, 1.54) is 0 Å². The highest BCUT2D eigenvalue weighted by molar-refractivity contribution is 6.09. The molecule has 4 rings (SSSR count). The maximum Gasteiger partial charge on any atom is 0.344 e. The number of para-hydroxylation sites is 1. The molecule has 2 aromatic carbocycles. The highest BCUT2D eigenvalue weighted by Crippen LogP contribution is 2.38. The summed E-state index contributed by atoms with van der Waals surface area (Å²) in [6.45, 7) is 4.30. The van der Waals surface area contributed by atoms with E-state index in [1.54, 1.807) is 0 Å². The summed E-state index contributed by atoms with van der Waals surface area (Å²) in [7, 11) is 2.05. The predicted octanol–water partition coefficient (Wildman–Crippen LogP) is 4.19. The molecule has 110 valence electrons. The lowest BCUT2D eigenvalue weighted by molar-refractivity contribution is 0.569. The van der Waals surface area contributed by atoms with Crippen LogP contribution in [-0.4, -0.2) is 12.6 Å². The molecule has 0 atom stereocenters. The van der Waals surface area contributed by atoms with E-state index in [4.69, 9.17) is 4.42 Å². The van der Waals surface area contributed by atoms with Gasteiger partial charge in [-0.2, -0.15) is 0 Å². The zero-order valence-corrected chi connectivity index (χ0v) is 12.9. The smallest absolute Gasteiger partial charge is 0.344 e. The molecule has 0 spiro atoms. The zero-order valence-electron chi connectivity index (χ0n) is 12.9. The van der Waals surface area contributed by atoms with Crippen molar-refractivity contribution in [2.75, 3.05) is 11.9 Å². The molecule has 22 heavy (non-hydrogen) atoms. The van der Waals surface area contributed by atoms with Crippen molar-refractivity contribution < 1.29 is 4.42 Å². The van der Waals surface area contributed by atoms with Crippen LogP contribution in [0.15, 0.2) is 51.7 Å². The fourth-order valence-electron chi connectivity index (χ4n) is 3.15. The minimum Gasteiger partial charge on any atom is -0.422 e. The van der Waals surface area contributed by atoms with Crippen LogP contribution in [0.2, 0.25) is 0 Å². The first kappa shape index (κ1) is 13.1. The highest BCUT2D eigenvalue weighted by Gasteiger charge is 2.27. The summed E-state index contributed by atoms with van der Waals surface area (Å²) >= 11 is 0. The van der Waals surface area contributed by atoms with Gasteiger partial charge in [0.25, 0.3) is 0 Å². The Hall–Kier alpha value is -2.55. The lowest BCUT2D eigenvalue weighted by Crippen LogP contribution is -2.41. The molecule has 0 N–H and O–H groups in total. The standard InChI is InChI=1S/C19H17NO2/c1-19(2)11-10-14-15(20(19)3)9-8-13-12-6-4-5-7-16(12)22-18(21)17(13)14/h4-11H,1-3H3. The zero-order chi connectivity index (χ0) is 15.5. The van der Waals surface area contributed by atoms with Gasteiger partial charge in [-0.25, -0.2) is 4.79 Å². The Morgan fingerprint density at radius 2 is 1.82 bits per heavy atom. The summed E-state index contributed by atoms with van der Waals surface area (Å²) in [5, 5.41) is 2.58. The van der Waals surface area contributed by atoms with E-state index in [-0.39, 0.29) is 11.2 Å². The Bertz CT molecular complexity index is 995. The predicted molar refractivity (Wildman–Crippen MR) is 91.5 cm³/mol. The molecule has 1 aliphatic heterocycles. The van der Waals surface area contributed by atoms with Gasteiger partial charge in [-0.15, -0.1) is 0 Å². The molecule has 0 saturated heterocycles. The minimum atomic E-state index is -0.275. The molecule has 0 amide bonds. The van der Waals surface area contributed by atoms with Gasteiger partial charge in [-0.1, -0.05) is 36.4 Å². The van der Waals surface area contributed by atoms with Gasteiger partial charge < -0.3 is 9.32 Å². The summed E-state index contributed by atoms with van der Waals surface area (Å²) in [5.41, 5.74) is 2.29. The Morgan fingerprint density at radius 1 is 1.05 bits per heavy atom. The van der Waals surface area contributed by atoms with Crippen molar-refractivity contribution in [1.29, 1.82) is 0 Å². The second-order valence-corrected chi connectivity index (χ2v) is 6.35. The Kier molecular flexibility index (Phi) is 2.52. The van der Waals surface area contributed by atoms with Crippen molar-refractivity contribution in [2.24, 2.45) is 0 Å². The first-order chi connectivity index (χ1) is 10.5. The number of anilines is 1. The van der Waals surface area contributed by atoms with Gasteiger partial charge in [-0.3, -0.25) is 0 Å². The van der Waals surface area contributed by atoms with Gasteiger partial charge in [0.05, 0.1) is 10.9 Å². The van der Waals surface area contributed by atoms with Gasteiger partial charge >= 0.3 is 5.63 Å². The number of likely N-dealkylation sites (N-methyl/N-ethyl adjacent to an activating group) is 1. The van der Waals surface area contributed by atoms with Crippen LogP contribution >= 0.6 is 0 Å². The van der Waals surface area contributed by atoms with Gasteiger partial charge in [-0.05, 0) is 26.0 Å². The largest absolute Gasteiger partial charge is 0.422 e. The quantitative estimate of drug-likeness (QED) is 0.460. The summed E-state index contributed by atoms with van der Waals surface area (Å²) in [6.07, 6.45) is 4.17. The first-order valence-corrected chi connectivity index (χ1v) is 7.41. The Labute approximate surface area is 128 Å². The molecule has 3 nitrogen and oxygen atoms in total. The molecule has 0 fully saturated rings. The van der Waals surface area contributed by atoms with E-state index < -0.39 is 0 Å². The summed E-state index contributed by atoms with van der Waals surface area (Å²) in [5.74, 6) is 0. The van der Waals surface area contributed by atoms with Crippen molar-refractivity contribution in [3.05, 3.63) is 58.5 Å². The SMILES string of the molecule is CN1c2ccc3c(c2C=CC1(C)C)c(=O)oc1ccccc13. The van der Waals surface area contributed by atoms with Crippen LogP contribution in [0.4, 0.5) is 5.69 Å². The summed E-state index contributed by atoms with van der Waals surface area (Å²) < 4.78 is 5.52. The monoisotopic (exact) mass is 291 g/mol. The molecule has 0 bridgehead atoms. The molecule has 3 aromatic rings. The number of hydrogen-bond donors (Lipinski definition) is 0. The third-order valence-electron chi connectivity index (χ3n) is 4.69. The molecule has 0 unspecified atom stereocenters. The third-order valence-corrected chi connectivity index (χ3v) is 4.69. The molecule has 3 heteroatoms. The molecule has 0 aliphatic carbocycles. The number of rotatable bonds is 0. The number of fused-ring (bicyclic) bond motifs is 5. The number of nitrogens with zero attached hydrogens (tertiary/aromatic N) is 1. The van der Waals surface area contributed by atoms with E-state index in [2.05, 4.69) is 37.9 Å². The van der Waals surface area contributed by atoms with Gasteiger partial charge in [0.15, 0.2) is 0 Å². The second-order valence-electron chi connectivity index (χ2n) is 6.35. The maximum absolute atomic E-state index is 12.5. The minimum absolute atomic E-state index is 0.0717. The number of benzene rings is 2. The van der Waals surface area contributed by atoms with E-state index in [0.717, 1.165) is 22.0 Å². The Morgan fingerprint density at radius 3 is 2.64 bits per heavy atom. The van der Waals surface area contributed by atoms with Crippen LogP contribution in [0.3, 0.4) is 0 Å². The number of hydrogen-bond acceptors (Lipinski definition) is 3. The lowest BCUT2D eigenvalue weighted by Gasteiger charge is -2.39. The second kappa shape index (κ2) is 4.23. The van der Waals surface area contributed by atoms with E-state index in [9.17, 15) is 4.79 Å². The fourth-order valence-corrected chi connectivity index (χ4v) is 3.15. The van der Waals surface area contributed by atoms with Crippen molar-refractivity contribution in [3.8, 4) is 0 Å². The molecule has 0 saturated carbocycles. The molecular weight excluding hydrogens is 274 g/mol. The van der Waals surface area contributed by atoms with Crippen LogP contribution in [0.5, 0.6) is 0 Å². The highest BCUT2D eigenvalue weighted by atomic mass is 16.4. The van der Waals surface area contributed by atoms with Gasteiger partial charge in [0.1, 0.15) is 5.58 Å². The van der Waals surface area contributed by atoms with Gasteiger partial charge in [0.2, 0.25) is 0 Å². The van der Waals surface area contributed by atoms with Crippen molar-refractivity contribution >= 4 is 33.5 Å². The average Bonchev–Trinajstić information content (AvgIpc) is 2.50. The summed E-state index contributed by atoms with van der Waals surface area (Å²) in [4.78, 5) is 14.7. The maximum atomic E-state index is 12.5. The topological polar surface area (TPSA) is 33.5 Å². The van der Waals surface area contributed by atoms with E-state index in [0.29, 0.717) is 11.0 Å². The van der Waals surface area contributed by atoms with Crippen molar-refractivity contribution in [2.45, 2.75) is 19.4 Å². The average molecular weight is 291 g/mol. The van der Waals surface area contributed by atoms with Crippen LogP contribution < -0.4 is 10.5 Å². The first-order valence-electron chi connectivity index (χ1n) is 7.41. The summed E-state index contributed by atoms with van der Waals surface area (Å²) in [6, 6.07) is 11.8. The lowest BCUT2D eigenvalue weighted by atomic mass is 9.91. The molecular formula is C19H17NO2. The van der Waals surface area contributed by atoms with Gasteiger partial charge in [0, 0.05) is 29.1 Å². The molecule has 1 aliphatic rings. The van der Waals surface area contributed by atoms with Crippen molar-refractivity contribution in [1.82, 2.24) is 0 Å². The van der Waals surface area contributed by atoms with E-state index >= 15 is 0 Å². The van der Waals surface area contributed by atoms with Crippen LogP contribution in [0.25, 0.3) is 27.8 Å². The van der Waals surface area contributed by atoms with Crippen molar-refractivity contribution in [3.63, 3.8) is 0 Å². The Balaban J connectivity index is 2.18. The third kappa shape index (κ3) is 1.65. The van der Waals surface area contributed by atoms with E-state index in [1.807, 2.05) is 36.4 Å². The molecule has 0 radical (unpaired) electrons. The van der Waals surface area contributed by atoms with Crippen LogP contribution in [0, 0.1) is 0 Å². The van der Waals surface area contributed by atoms with Crippen LogP contribution in [0.1, 0.15) is 19.4 Å². The molecule has 1 aromatic heterocycles. The fraction of sp³-hybridized carbons (Fsp3) is 0.211. The normalized spacial score (nSPS) is 16.2. The molecule has 2 heterocycles.